The van der Waals surface area contributed by atoms with E-state index in [1.807, 2.05) is 32.3 Å². The average Bonchev–Trinajstić information content (AvgIpc) is 2.29. The molecule has 0 bridgehead atoms. The van der Waals surface area contributed by atoms with Crippen LogP contribution in [0.2, 0.25) is 0 Å². The molecule has 0 radical (unpaired) electrons. The molecule has 88 valence electrons. The topological polar surface area (TPSA) is 20.3 Å². The standard InChI is InChI=1S/C14H21NO/c1-4-8-13(14(16)15(2)3)11-12-9-6-5-7-10-12/h5-7,9-10,13H,4,8,11H2,1-3H3. The van der Waals surface area contributed by atoms with Crippen molar-refractivity contribution in [3.05, 3.63) is 35.9 Å². The summed E-state index contributed by atoms with van der Waals surface area (Å²) >= 11 is 0. The molecule has 0 aliphatic rings. The fourth-order valence-corrected chi connectivity index (χ4v) is 1.93. The zero-order chi connectivity index (χ0) is 12.0. The highest BCUT2D eigenvalue weighted by Crippen LogP contribution is 2.16. The van der Waals surface area contributed by atoms with E-state index >= 15 is 0 Å². The van der Waals surface area contributed by atoms with Crippen LogP contribution in [0.3, 0.4) is 0 Å². The zero-order valence-corrected chi connectivity index (χ0v) is 10.4. The second-order valence-electron chi connectivity index (χ2n) is 4.41. The van der Waals surface area contributed by atoms with E-state index in [2.05, 4.69) is 19.1 Å². The Hall–Kier alpha value is -1.31. The van der Waals surface area contributed by atoms with Crippen LogP contribution in [-0.4, -0.2) is 24.9 Å². The Morgan fingerprint density at radius 1 is 1.25 bits per heavy atom. The van der Waals surface area contributed by atoms with Gasteiger partial charge in [-0.2, -0.15) is 0 Å². The van der Waals surface area contributed by atoms with Crippen molar-refractivity contribution in [2.45, 2.75) is 26.2 Å². The minimum absolute atomic E-state index is 0.127. The highest BCUT2D eigenvalue weighted by molar-refractivity contribution is 5.78. The van der Waals surface area contributed by atoms with Crippen LogP contribution in [0.25, 0.3) is 0 Å². The third kappa shape index (κ3) is 3.69. The van der Waals surface area contributed by atoms with Crippen LogP contribution in [0.1, 0.15) is 25.3 Å². The van der Waals surface area contributed by atoms with Crippen LogP contribution in [-0.2, 0) is 11.2 Å². The van der Waals surface area contributed by atoms with Gasteiger partial charge in [-0.15, -0.1) is 0 Å². The Bertz CT molecular complexity index is 319. The molecule has 1 atom stereocenters. The quantitative estimate of drug-likeness (QED) is 0.745. The van der Waals surface area contributed by atoms with E-state index < -0.39 is 0 Å². The first kappa shape index (κ1) is 12.8. The summed E-state index contributed by atoms with van der Waals surface area (Å²) in [5.74, 6) is 0.369. The molecule has 0 spiro atoms. The molecule has 0 heterocycles. The summed E-state index contributed by atoms with van der Waals surface area (Å²) in [5.41, 5.74) is 1.25. The van der Waals surface area contributed by atoms with Gasteiger partial charge >= 0.3 is 0 Å². The van der Waals surface area contributed by atoms with Crippen molar-refractivity contribution in [3.63, 3.8) is 0 Å². The van der Waals surface area contributed by atoms with Gasteiger partial charge in [-0.1, -0.05) is 43.7 Å². The van der Waals surface area contributed by atoms with E-state index in [4.69, 9.17) is 0 Å². The molecular weight excluding hydrogens is 198 g/mol. The van der Waals surface area contributed by atoms with E-state index in [0.717, 1.165) is 19.3 Å². The summed E-state index contributed by atoms with van der Waals surface area (Å²) in [6, 6.07) is 10.2. The molecule has 1 aromatic carbocycles. The molecule has 0 saturated heterocycles. The number of amides is 1. The van der Waals surface area contributed by atoms with Crippen molar-refractivity contribution < 1.29 is 4.79 Å². The minimum atomic E-state index is 0.127. The van der Waals surface area contributed by atoms with Crippen molar-refractivity contribution in [3.8, 4) is 0 Å². The van der Waals surface area contributed by atoms with Crippen molar-refractivity contribution in [2.75, 3.05) is 14.1 Å². The van der Waals surface area contributed by atoms with Gasteiger partial charge in [0.05, 0.1) is 0 Å². The lowest BCUT2D eigenvalue weighted by Crippen LogP contribution is -2.30. The van der Waals surface area contributed by atoms with Gasteiger partial charge in [0.2, 0.25) is 5.91 Å². The van der Waals surface area contributed by atoms with Crippen molar-refractivity contribution in [2.24, 2.45) is 5.92 Å². The summed E-state index contributed by atoms with van der Waals surface area (Å²) in [6.07, 6.45) is 2.87. The summed E-state index contributed by atoms with van der Waals surface area (Å²) in [4.78, 5) is 13.7. The largest absolute Gasteiger partial charge is 0.349 e. The maximum atomic E-state index is 12.0. The number of benzene rings is 1. The molecule has 2 heteroatoms. The first-order valence-corrected chi connectivity index (χ1v) is 5.90. The summed E-state index contributed by atoms with van der Waals surface area (Å²) in [6.45, 7) is 2.13. The van der Waals surface area contributed by atoms with Gasteiger partial charge in [0.15, 0.2) is 0 Å². The van der Waals surface area contributed by atoms with Gasteiger partial charge in [-0.3, -0.25) is 4.79 Å². The average molecular weight is 219 g/mol. The highest BCUT2D eigenvalue weighted by Gasteiger charge is 2.19. The Kier molecular flexibility index (Phi) is 5.03. The molecule has 1 amide bonds. The predicted octanol–water partition coefficient (Wildman–Crippen LogP) is 2.73. The molecule has 0 aromatic heterocycles. The van der Waals surface area contributed by atoms with E-state index in [0.29, 0.717) is 0 Å². The lowest BCUT2D eigenvalue weighted by atomic mass is 9.94. The molecule has 2 nitrogen and oxygen atoms in total. The number of rotatable bonds is 5. The summed E-state index contributed by atoms with van der Waals surface area (Å²) < 4.78 is 0. The number of hydrogen-bond donors (Lipinski definition) is 0. The molecule has 0 saturated carbocycles. The third-order valence-electron chi connectivity index (χ3n) is 2.75. The maximum absolute atomic E-state index is 12.0. The fraction of sp³-hybridized carbons (Fsp3) is 0.500. The predicted molar refractivity (Wildman–Crippen MR) is 67.2 cm³/mol. The van der Waals surface area contributed by atoms with E-state index in [1.54, 1.807) is 4.90 Å². The number of carbonyl (C=O) groups excluding carboxylic acids is 1. The first-order valence-electron chi connectivity index (χ1n) is 5.90. The van der Waals surface area contributed by atoms with Crippen LogP contribution < -0.4 is 0 Å². The third-order valence-corrected chi connectivity index (χ3v) is 2.75. The monoisotopic (exact) mass is 219 g/mol. The van der Waals surface area contributed by atoms with Crippen molar-refractivity contribution in [1.82, 2.24) is 4.90 Å². The van der Waals surface area contributed by atoms with Crippen LogP contribution >= 0.6 is 0 Å². The number of hydrogen-bond acceptors (Lipinski definition) is 1. The Balaban J connectivity index is 2.68. The molecule has 0 aliphatic heterocycles. The van der Waals surface area contributed by atoms with E-state index in [9.17, 15) is 4.79 Å². The zero-order valence-electron chi connectivity index (χ0n) is 10.4. The maximum Gasteiger partial charge on any atom is 0.225 e. The Morgan fingerprint density at radius 2 is 1.88 bits per heavy atom. The molecule has 1 aromatic rings. The first-order chi connectivity index (χ1) is 7.65. The van der Waals surface area contributed by atoms with Gasteiger partial charge in [-0.05, 0) is 18.4 Å². The van der Waals surface area contributed by atoms with Crippen molar-refractivity contribution in [1.29, 1.82) is 0 Å². The lowest BCUT2D eigenvalue weighted by molar-refractivity contribution is -0.133. The second kappa shape index (κ2) is 6.31. The van der Waals surface area contributed by atoms with Gasteiger partial charge in [-0.25, -0.2) is 0 Å². The second-order valence-corrected chi connectivity index (χ2v) is 4.41. The lowest BCUT2D eigenvalue weighted by Gasteiger charge is -2.20. The summed E-state index contributed by atoms with van der Waals surface area (Å²) in [7, 11) is 3.66. The van der Waals surface area contributed by atoms with Gasteiger partial charge < -0.3 is 4.90 Å². The minimum Gasteiger partial charge on any atom is -0.349 e. The molecule has 16 heavy (non-hydrogen) atoms. The Labute approximate surface area is 98.3 Å². The van der Waals surface area contributed by atoms with Crippen LogP contribution in [0.15, 0.2) is 30.3 Å². The highest BCUT2D eigenvalue weighted by atomic mass is 16.2. The smallest absolute Gasteiger partial charge is 0.225 e. The molecule has 1 unspecified atom stereocenters. The van der Waals surface area contributed by atoms with Crippen molar-refractivity contribution >= 4 is 5.91 Å². The van der Waals surface area contributed by atoms with E-state index in [1.165, 1.54) is 5.56 Å². The Morgan fingerprint density at radius 3 is 2.38 bits per heavy atom. The number of nitrogens with zero attached hydrogens (tertiary/aromatic N) is 1. The number of carbonyl (C=O) groups is 1. The molecule has 0 N–H and O–H groups in total. The van der Waals surface area contributed by atoms with Gasteiger partial charge in [0.1, 0.15) is 0 Å². The fourth-order valence-electron chi connectivity index (χ4n) is 1.93. The van der Waals surface area contributed by atoms with Crippen LogP contribution in [0.5, 0.6) is 0 Å². The normalized spacial score (nSPS) is 12.2. The van der Waals surface area contributed by atoms with Crippen LogP contribution in [0, 0.1) is 5.92 Å². The molecular formula is C14H21NO. The SMILES string of the molecule is CCCC(Cc1ccccc1)C(=O)N(C)C. The van der Waals surface area contributed by atoms with E-state index in [-0.39, 0.29) is 11.8 Å². The molecule has 0 aliphatic carbocycles. The van der Waals surface area contributed by atoms with Crippen LogP contribution in [0.4, 0.5) is 0 Å². The summed E-state index contributed by atoms with van der Waals surface area (Å²) in [5, 5.41) is 0. The van der Waals surface area contributed by atoms with Gasteiger partial charge in [0.25, 0.3) is 0 Å². The molecule has 1 rings (SSSR count). The van der Waals surface area contributed by atoms with Gasteiger partial charge in [0, 0.05) is 20.0 Å². The molecule has 0 fully saturated rings.